The Bertz CT molecular complexity index is 575. The van der Waals surface area contributed by atoms with Crippen LogP contribution in [0.3, 0.4) is 0 Å². The fraction of sp³-hybridized carbons (Fsp3) is 0.312. The lowest BCUT2D eigenvalue weighted by Gasteiger charge is -2.17. The van der Waals surface area contributed by atoms with E-state index in [1.54, 1.807) is 11.3 Å². The molecular weight excluding hydrogens is 284 g/mol. The normalized spacial score (nSPS) is 13.4. The van der Waals surface area contributed by atoms with E-state index in [0.717, 1.165) is 11.1 Å². The SMILES string of the molecule is CC(NCC(O)c1ccsc1)c1ccc(OCC#N)cc1. The van der Waals surface area contributed by atoms with Crippen LogP contribution in [0, 0.1) is 11.3 Å². The molecule has 2 rings (SSSR count). The van der Waals surface area contributed by atoms with E-state index < -0.39 is 6.10 Å². The third-order valence-electron chi connectivity index (χ3n) is 3.23. The van der Waals surface area contributed by atoms with E-state index in [9.17, 15) is 5.11 Å². The highest BCUT2D eigenvalue weighted by atomic mass is 32.1. The highest BCUT2D eigenvalue weighted by Crippen LogP contribution is 2.19. The van der Waals surface area contributed by atoms with Crippen LogP contribution in [0.1, 0.15) is 30.2 Å². The van der Waals surface area contributed by atoms with Gasteiger partial charge in [0.2, 0.25) is 0 Å². The van der Waals surface area contributed by atoms with Gasteiger partial charge in [0.1, 0.15) is 11.8 Å². The molecular formula is C16H18N2O2S. The first kappa shape index (κ1) is 15.5. The smallest absolute Gasteiger partial charge is 0.174 e. The van der Waals surface area contributed by atoms with Crippen LogP contribution in [0.15, 0.2) is 41.1 Å². The highest BCUT2D eigenvalue weighted by Gasteiger charge is 2.11. The number of ether oxygens (including phenoxy) is 1. The van der Waals surface area contributed by atoms with Crippen molar-refractivity contribution < 1.29 is 9.84 Å². The number of hydrogen-bond acceptors (Lipinski definition) is 5. The van der Waals surface area contributed by atoms with Gasteiger partial charge in [-0.25, -0.2) is 0 Å². The van der Waals surface area contributed by atoms with Crippen LogP contribution in [0.4, 0.5) is 0 Å². The molecule has 1 aromatic carbocycles. The molecule has 0 saturated heterocycles. The largest absolute Gasteiger partial charge is 0.479 e. The molecule has 1 heterocycles. The zero-order chi connectivity index (χ0) is 15.1. The molecule has 110 valence electrons. The standard InChI is InChI=1S/C16H18N2O2S/c1-12(18-10-16(19)14-6-9-21-11-14)13-2-4-15(5-3-13)20-8-7-17/h2-6,9,11-12,16,18-19H,8,10H2,1H3. The van der Waals surface area contributed by atoms with Gasteiger partial charge >= 0.3 is 0 Å². The van der Waals surface area contributed by atoms with Crippen molar-refractivity contribution in [2.45, 2.75) is 19.1 Å². The highest BCUT2D eigenvalue weighted by molar-refractivity contribution is 7.07. The first-order chi connectivity index (χ1) is 10.2. The van der Waals surface area contributed by atoms with E-state index in [1.807, 2.05) is 54.1 Å². The summed E-state index contributed by atoms with van der Waals surface area (Å²) in [6.07, 6.45) is -0.489. The molecule has 0 aliphatic rings. The van der Waals surface area contributed by atoms with Crippen LogP contribution in [-0.4, -0.2) is 18.3 Å². The van der Waals surface area contributed by atoms with Gasteiger partial charge in [0.05, 0.1) is 6.10 Å². The number of nitriles is 1. The summed E-state index contributed by atoms with van der Waals surface area (Å²) in [5, 5.41) is 25.7. The van der Waals surface area contributed by atoms with Gasteiger partial charge in [-0.05, 0) is 47.0 Å². The zero-order valence-electron chi connectivity index (χ0n) is 11.8. The predicted molar refractivity (Wildman–Crippen MR) is 83.2 cm³/mol. The fourth-order valence-corrected chi connectivity index (χ4v) is 2.66. The summed E-state index contributed by atoms with van der Waals surface area (Å²) in [5.41, 5.74) is 2.05. The third kappa shape index (κ3) is 4.57. The molecule has 1 aromatic heterocycles. The topological polar surface area (TPSA) is 65.3 Å². The molecule has 0 saturated carbocycles. The zero-order valence-corrected chi connectivity index (χ0v) is 12.6. The molecule has 0 fully saturated rings. The summed E-state index contributed by atoms with van der Waals surface area (Å²) in [6.45, 7) is 2.61. The lowest BCUT2D eigenvalue weighted by molar-refractivity contribution is 0.171. The van der Waals surface area contributed by atoms with Gasteiger partial charge in [-0.1, -0.05) is 12.1 Å². The average molecular weight is 302 g/mol. The molecule has 0 spiro atoms. The van der Waals surface area contributed by atoms with E-state index in [-0.39, 0.29) is 12.6 Å². The maximum absolute atomic E-state index is 10.0. The molecule has 2 aromatic rings. The third-order valence-corrected chi connectivity index (χ3v) is 3.93. The minimum absolute atomic E-state index is 0.0555. The van der Waals surface area contributed by atoms with Crippen molar-refractivity contribution in [3.05, 3.63) is 52.2 Å². The number of nitrogens with one attached hydrogen (secondary N) is 1. The van der Waals surface area contributed by atoms with E-state index in [1.165, 1.54) is 0 Å². The summed E-state index contributed by atoms with van der Waals surface area (Å²) in [7, 11) is 0. The second kappa shape index (κ2) is 7.79. The number of benzene rings is 1. The van der Waals surface area contributed by atoms with Gasteiger partial charge in [-0.15, -0.1) is 0 Å². The molecule has 0 bridgehead atoms. The lowest BCUT2D eigenvalue weighted by Crippen LogP contribution is -2.24. The number of thiophene rings is 1. The van der Waals surface area contributed by atoms with Crippen LogP contribution in [0.2, 0.25) is 0 Å². The van der Waals surface area contributed by atoms with Crippen molar-refractivity contribution in [2.75, 3.05) is 13.2 Å². The van der Waals surface area contributed by atoms with Crippen molar-refractivity contribution in [3.63, 3.8) is 0 Å². The van der Waals surface area contributed by atoms with Gasteiger partial charge in [0, 0.05) is 12.6 Å². The predicted octanol–water partition coefficient (Wildman–Crippen LogP) is 3.03. The minimum atomic E-state index is -0.489. The number of nitrogens with zero attached hydrogens (tertiary/aromatic N) is 1. The fourth-order valence-electron chi connectivity index (χ4n) is 1.96. The Morgan fingerprint density at radius 2 is 2.05 bits per heavy atom. The molecule has 0 aliphatic heterocycles. The molecule has 21 heavy (non-hydrogen) atoms. The molecule has 2 N–H and O–H groups in total. The first-order valence-electron chi connectivity index (χ1n) is 6.74. The summed E-state index contributed by atoms with van der Waals surface area (Å²) in [4.78, 5) is 0. The number of rotatable bonds is 7. The molecule has 4 nitrogen and oxygen atoms in total. The van der Waals surface area contributed by atoms with Gasteiger partial charge in [-0.3, -0.25) is 0 Å². The number of hydrogen-bond donors (Lipinski definition) is 2. The second-order valence-electron chi connectivity index (χ2n) is 4.72. The summed E-state index contributed by atoms with van der Waals surface area (Å²) in [5.74, 6) is 0.686. The van der Waals surface area contributed by atoms with Crippen LogP contribution in [0.25, 0.3) is 0 Å². The van der Waals surface area contributed by atoms with Crippen molar-refractivity contribution in [2.24, 2.45) is 0 Å². The van der Waals surface area contributed by atoms with Gasteiger partial charge in [-0.2, -0.15) is 16.6 Å². The van der Waals surface area contributed by atoms with Crippen LogP contribution in [-0.2, 0) is 0 Å². The Morgan fingerprint density at radius 3 is 2.67 bits per heavy atom. The van der Waals surface area contributed by atoms with Crippen molar-refractivity contribution in [1.29, 1.82) is 5.26 Å². The lowest BCUT2D eigenvalue weighted by atomic mass is 10.1. The Kier molecular flexibility index (Phi) is 5.76. The number of aliphatic hydroxyl groups excluding tert-OH is 1. The molecule has 0 amide bonds. The van der Waals surface area contributed by atoms with E-state index >= 15 is 0 Å². The summed E-state index contributed by atoms with van der Waals surface area (Å²) >= 11 is 1.58. The Labute approximate surface area is 128 Å². The van der Waals surface area contributed by atoms with Crippen LogP contribution < -0.4 is 10.1 Å². The average Bonchev–Trinajstić information content (AvgIpc) is 3.05. The molecule has 5 heteroatoms. The monoisotopic (exact) mass is 302 g/mol. The molecule has 2 atom stereocenters. The molecule has 0 radical (unpaired) electrons. The van der Waals surface area contributed by atoms with Gasteiger partial charge < -0.3 is 15.2 Å². The van der Waals surface area contributed by atoms with Gasteiger partial charge in [0.15, 0.2) is 6.61 Å². The second-order valence-corrected chi connectivity index (χ2v) is 5.50. The Morgan fingerprint density at radius 1 is 1.29 bits per heavy atom. The Balaban J connectivity index is 1.85. The molecule has 0 aliphatic carbocycles. The number of aliphatic hydroxyl groups is 1. The summed E-state index contributed by atoms with van der Waals surface area (Å²) < 4.78 is 5.22. The maximum atomic E-state index is 10.0. The van der Waals surface area contributed by atoms with E-state index in [0.29, 0.717) is 12.3 Å². The van der Waals surface area contributed by atoms with Crippen molar-refractivity contribution >= 4 is 11.3 Å². The van der Waals surface area contributed by atoms with Crippen LogP contribution >= 0.6 is 11.3 Å². The van der Waals surface area contributed by atoms with Crippen LogP contribution in [0.5, 0.6) is 5.75 Å². The van der Waals surface area contributed by atoms with E-state index in [4.69, 9.17) is 10.00 Å². The first-order valence-corrected chi connectivity index (χ1v) is 7.68. The quantitative estimate of drug-likeness (QED) is 0.825. The van der Waals surface area contributed by atoms with Crippen molar-refractivity contribution in [3.8, 4) is 11.8 Å². The summed E-state index contributed by atoms with van der Waals surface area (Å²) in [6, 6.07) is 11.6. The Hall–Kier alpha value is -1.87. The minimum Gasteiger partial charge on any atom is -0.479 e. The maximum Gasteiger partial charge on any atom is 0.174 e. The van der Waals surface area contributed by atoms with Gasteiger partial charge in [0.25, 0.3) is 0 Å². The van der Waals surface area contributed by atoms with Crippen molar-refractivity contribution in [1.82, 2.24) is 5.32 Å². The van der Waals surface area contributed by atoms with E-state index in [2.05, 4.69) is 5.32 Å². The molecule has 2 unspecified atom stereocenters.